The van der Waals surface area contributed by atoms with Crippen LogP contribution in [-0.4, -0.2) is 95.5 Å². The average Bonchev–Trinajstić information content (AvgIpc) is 2.59. The van der Waals surface area contributed by atoms with Crippen LogP contribution in [-0.2, 0) is 4.79 Å². The Morgan fingerprint density at radius 2 is 1.32 bits per heavy atom. The second-order valence-corrected chi connectivity index (χ2v) is 9.27. The van der Waals surface area contributed by atoms with Crippen LogP contribution in [0.1, 0.15) is 54.4 Å². The van der Waals surface area contributed by atoms with Gasteiger partial charge in [0.25, 0.3) is 0 Å². The van der Waals surface area contributed by atoms with Gasteiger partial charge in [-0.15, -0.1) is 0 Å². The van der Waals surface area contributed by atoms with E-state index in [2.05, 4.69) is 61.1 Å². The van der Waals surface area contributed by atoms with Crippen molar-refractivity contribution in [2.75, 3.05) is 58.9 Å². The summed E-state index contributed by atoms with van der Waals surface area (Å²) in [6.45, 7) is 23.1. The van der Waals surface area contributed by atoms with E-state index in [4.69, 9.17) is 0 Å². The van der Waals surface area contributed by atoms with E-state index in [1.165, 1.54) is 0 Å². The van der Waals surface area contributed by atoms with E-state index in [-0.39, 0.29) is 11.1 Å². The number of rotatable bonds is 5. The molecule has 0 bridgehead atoms. The van der Waals surface area contributed by atoms with Gasteiger partial charge in [-0.05, 0) is 47.6 Å². The van der Waals surface area contributed by atoms with Crippen LogP contribution in [0.25, 0.3) is 0 Å². The van der Waals surface area contributed by atoms with Crippen molar-refractivity contribution in [3.63, 3.8) is 0 Å². The maximum absolute atomic E-state index is 12.7. The van der Waals surface area contributed by atoms with E-state index in [0.717, 1.165) is 65.3 Å². The fourth-order valence-corrected chi connectivity index (χ4v) is 4.03. The molecule has 2 rings (SSSR count). The summed E-state index contributed by atoms with van der Waals surface area (Å²) >= 11 is 0. The van der Waals surface area contributed by atoms with Crippen molar-refractivity contribution >= 4 is 5.91 Å². The monoisotopic (exact) mass is 352 g/mol. The number of likely N-dealkylation sites (N-methyl/N-ethyl adjacent to an activating group) is 1. The van der Waals surface area contributed by atoms with Gasteiger partial charge in [-0.3, -0.25) is 14.6 Å². The van der Waals surface area contributed by atoms with Crippen LogP contribution in [0, 0.1) is 0 Å². The zero-order chi connectivity index (χ0) is 18.7. The predicted molar refractivity (Wildman–Crippen MR) is 105 cm³/mol. The molecule has 0 aromatic heterocycles. The van der Waals surface area contributed by atoms with Crippen molar-refractivity contribution in [2.24, 2.45) is 0 Å². The topological polar surface area (TPSA) is 30.0 Å². The number of piperazine rings is 2. The third-order valence-corrected chi connectivity index (χ3v) is 6.21. The van der Waals surface area contributed by atoms with E-state index in [0.29, 0.717) is 12.3 Å². The fraction of sp³-hybridized carbons (Fsp3) is 0.950. The van der Waals surface area contributed by atoms with Crippen LogP contribution in [0.4, 0.5) is 0 Å². The molecular formula is C20H40N4O. The lowest BCUT2D eigenvalue weighted by molar-refractivity contribution is -0.134. The van der Waals surface area contributed by atoms with Crippen molar-refractivity contribution in [1.29, 1.82) is 0 Å². The molecule has 2 saturated heterocycles. The van der Waals surface area contributed by atoms with Gasteiger partial charge in [-0.1, -0.05) is 6.92 Å². The first-order chi connectivity index (χ1) is 11.6. The van der Waals surface area contributed by atoms with E-state index in [9.17, 15) is 4.79 Å². The minimum absolute atomic E-state index is 0.114. The highest BCUT2D eigenvalue weighted by molar-refractivity contribution is 5.76. The molecule has 2 aliphatic rings. The first-order valence-electron chi connectivity index (χ1n) is 10.1. The van der Waals surface area contributed by atoms with Gasteiger partial charge in [0, 0.05) is 69.9 Å². The third-order valence-electron chi connectivity index (χ3n) is 6.21. The highest BCUT2D eigenvalue weighted by Gasteiger charge is 2.32. The molecule has 5 nitrogen and oxygen atoms in total. The minimum Gasteiger partial charge on any atom is -0.340 e. The molecule has 2 heterocycles. The molecule has 0 saturated carbocycles. The lowest BCUT2D eigenvalue weighted by atomic mass is 9.94. The summed E-state index contributed by atoms with van der Waals surface area (Å²) in [5.74, 6) is 0.342. The summed E-state index contributed by atoms with van der Waals surface area (Å²) in [4.78, 5) is 22.3. The van der Waals surface area contributed by atoms with Gasteiger partial charge in [0.2, 0.25) is 5.91 Å². The second-order valence-electron chi connectivity index (χ2n) is 9.27. The van der Waals surface area contributed by atoms with Gasteiger partial charge < -0.3 is 9.80 Å². The number of carbonyl (C=O) groups is 1. The lowest BCUT2D eigenvalue weighted by Crippen LogP contribution is -2.56. The molecule has 0 aromatic carbocycles. The summed E-state index contributed by atoms with van der Waals surface area (Å²) in [7, 11) is 0. The Hall–Kier alpha value is -0.650. The maximum Gasteiger partial charge on any atom is 0.222 e. The first-order valence-corrected chi connectivity index (χ1v) is 10.1. The highest BCUT2D eigenvalue weighted by Crippen LogP contribution is 2.23. The molecule has 0 N–H and O–H groups in total. The largest absolute Gasteiger partial charge is 0.340 e. The summed E-state index contributed by atoms with van der Waals surface area (Å²) in [5, 5.41) is 0. The Labute approximate surface area is 155 Å². The molecule has 2 aliphatic heterocycles. The molecule has 0 radical (unpaired) electrons. The van der Waals surface area contributed by atoms with Gasteiger partial charge in [-0.25, -0.2) is 0 Å². The van der Waals surface area contributed by atoms with Crippen LogP contribution >= 0.6 is 0 Å². The summed E-state index contributed by atoms with van der Waals surface area (Å²) in [5.41, 5.74) is 0.320. The number of hydrogen-bond acceptors (Lipinski definition) is 4. The molecule has 2 fully saturated rings. The van der Waals surface area contributed by atoms with Gasteiger partial charge in [0.1, 0.15) is 0 Å². The van der Waals surface area contributed by atoms with Gasteiger partial charge in [0.15, 0.2) is 0 Å². The van der Waals surface area contributed by atoms with Crippen molar-refractivity contribution in [3.8, 4) is 0 Å². The predicted octanol–water partition coefficient (Wildman–Crippen LogP) is 2.13. The van der Waals surface area contributed by atoms with Crippen LogP contribution in [0.5, 0.6) is 0 Å². The van der Waals surface area contributed by atoms with E-state index < -0.39 is 0 Å². The quantitative estimate of drug-likeness (QED) is 0.758. The number of carbonyl (C=O) groups excluding carboxylic acids is 1. The zero-order valence-corrected chi connectivity index (χ0v) is 17.5. The number of hydrogen-bond donors (Lipinski definition) is 0. The Kier molecular flexibility index (Phi) is 6.91. The summed E-state index contributed by atoms with van der Waals surface area (Å²) in [6, 6.07) is 0. The molecule has 1 amide bonds. The lowest BCUT2D eigenvalue weighted by Gasteiger charge is -2.45. The second kappa shape index (κ2) is 8.36. The first kappa shape index (κ1) is 20.7. The van der Waals surface area contributed by atoms with Gasteiger partial charge >= 0.3 is 0 Å². The van der Waals surface area contributed by atoms with Crippen LogP contribution in [0.2, 0.25) is 0 Å². The summed E-state index contributed by atoms with van der Waals surface area (Å²) in [6.07, 6.45) is 1.63. The highest BCUT2D eigenvalue weighted by atomic mass is 16.2. The molecule has 0 atom stereocenters. The molecule has 0 spiro atoms. The molecule has 146 valence electrons. The Morgan fingerprint density at radius 3 is 1.80 bits per heavy atom. The van der Waals surface area contributed by atoms with Crippen molar-refractivity contribution < 1.29 is 4.79 Å². The van der Waals surface area contributed by atoms with Crippen molar-refractivity contribution in [2.45, 2.75) is 65.5 Å². The smallest absolute Gasteiger partial charge is 0.222 e. The average molecular weight is 353 g/mol. The Bertz CT molecular complexity index is 427. The molecule has 0 aromatic rings. The molecule has 0 unspecified atom stereocenters. The van der Waals surface area contributed by atoms with Gasteiger partial charge in [0.05, 0.1) is 0 Å². The maximum atomic E-state index is 12.7. The molecule has 0 aliphatic carbocycles. The van der Waals surface area contributed by atoms with Crippen LogP contribution < -0.4 is 0 Å². The number of amides is 1. The van der Waals surface area contributed by atoms with Crippen LogP contribution in [0.3, 0.4) is 0 Å². The standard InChI is InChI=1S/C20H40N4O/c1-7-21-10-14-24(15-11-21)20(5,6)9-8-18(25)22-12-16-23(17-13-22)19(2,3)4/h7-17H2,1-6H3. The zero-order valence-electron chi connectivity index (χ0n) is 17.5. The van der Waals surface area contributed by atoms with Crippen LogP contribution in [0.15, 0.2) is 0 Å². The van der Waals surface area contributed by atoms with E-state index >= 15 is 0 Å². The van der Waals surface area contributed by atoms with E-state index in [1.54, 1.807) is 0 Å². The fourth-order valence-electron chi connectivity index (χ4n) is 4.03. The summed E-state index contributed by atoms with van der Waals surface area (Å²) < 4.78 is 0. The number of nitrogens with zero attached hydrogens (tertiary/aromatic N) is 4. The molecule has 25 heavy (non-hydrogen) atoms. The Balaban J connectivity index is 1.76. The van der Waals surface area contributed by atoms with E-state index in [1.807, 2.05) is 0 Å². The molecule has 5 heteroatoms. The third kappa shape index (κ3) is 5.66. The Morgan fingerprint density at radius 1 is 0.800 bits per heavy atom. The van der Waals surface area contributed by atoms with Crippen molar-refractivity contribution in [3.05, 3.63) is 0 Å². The van der Waals surface area contributed by atoms with Crippen molar-refractivity contribution in [1.82, 2.24) is 19.6 Å². The SMILES string of the molecule is CCN1CCN(C(C)(C)CCC(=O)N2CCN(C(C)(C)C)CC2)CC1. The minimum atomic E-state index is 0.114. The van der Waals surface area contributed by atoms with Gasteiger partial charge in [-0.2, -0.15) is 0 Å². The normalized spacial score (nSPS) is 22.4. The molecular weight excluding hydrogens is 312 g/mol.